The van der Waals surface area contributed by atoms with E-state index < -0.39 is 0 Å². The van der Waals surface area contributed by atoms with Crippen LogP contribution in [-0.4, -0.2) is 41.5 Å². The van der Waals surface area contributed by atoms with Crippen molar-refractivity contribution in [3.8, 4) is 17.4 Å². The Labute approximate surface area is 223 Å². The van der Waals surface area contributed by atoms with E-state index in [1.165, 1.54) is 5.56 Å². The first-order valence-corrected chi connectivity index (χ1v) is 12.8. The molecule has 0 N–H and O–H groups in total. The van der Waals surface area contributed by atoms with Crippen LogP contribution < -0.4 is 14.4 Å². The number of hydrogen-bond donors (Lipinski definition) is 0. The van der Waals surface area contributed by atoms with E-state index in [9.17, 15) is 4.79 Å². The van der Waals surface area contributed by atoms with Gasteiger partial charge in [-0.1, -0.05) is 60.7 Å². The molecule has 0 aliphatic carbocycles. The number of fused-ring (bicyclic) bond motifs is 1. The van der Waals surface area contributed by atoms with Crippen molar-refractivity contribution in [1.82, 2.24) is 14.9 Å². The summed E-state index contributed by atoms with van der Waals surface area (Å²) in [4.78, 5) is 26.9. The lowest BCUT2D eigenvalue weighted by atomic mass is 10.0. The third-order valence-corrected chi connectivity index (χ3v) is 6.78. The van der Waals surface area contributed by atoms with Crippen LogP contribution in [-0.2, 0) is 30.7 Å². The van der Waals surface area contributed by atoms with Crippen LogP contribution in [0.25, 0.3) is 0 Å². The smallest absolute Gasteiger partial charge is 0.229 e. The van der Waals surface area contributed by atoms with Gasteiger partial charge in [0.25, 0.3) is 0 Å². The zero-order chi connectivity index (χ0) is 26.5. The molecule has 194 valence electrons. The van der Waals surface area contributed by atoms with Gasteiger partial charge in [-0.2, -0.15) is 4.98 Å². The number of rotatable bonds is 8. The maximum absolute atomic E-state index is 13.2. The number of nitrogens with zero attached hydrogens (tertiary/aromatic N) is 4. The van der Waals surface area contributed by atoms with Crippen LogP contribution >= 0.6 is 0 Å². The molecular weight excluding hydrogens is 476 g/mol. The third-order valence-electron chi connectivity index (χ3n) is 6.78. The number of carbonyl (C=O) groups is 1. The van der Waals surface area contributed by atoms with E-state index in [0.717, 1.165) is 33.9 Å². The van der Waals surface area contributed by atoms with Gasteiger partial charge in [-0.25, -0.2) is 4.98 Å². The van der Waals surface area contributed by atoms with Gasteiger partial charge < -0.3 is 19.3 Å². The monoisotopic (exact) mass is 508 g/mol. The lowest BCUT2D eigenvalue weighted by Crippen LogP contribution is -2.38. The summed E-state index contributed by atoms with van der Waals surface area (Å²) in [5.41, 5.74) is 4.92. The molecule has 3 aromatic carbocycles. The molecule has 0 bridgehead atoms. The minimum Gasteiger partial charge on any atom is -0.497 e. The third kappa shape index (κ3) is 5.78. The van der Waals surface area contributed by atoms with Crippen molar-refractivity contribution >= 4 is 11.9 Å². The number of aromatic nitrogens is 2. The number of aryl methyl sites for hydroxylation is 1. The van der Waals surface area contributed by atoms with Crippen molar-refractivity contribution in [2.45, 2.75) is 32.9 Å². The summed E-state index contributed by atoms with van der Waals surface area (Å²) in [5.74, 6) is 2.69. The Balaban J connectivity index is 1.42. The summed E-state index contributed by atoms with van der Waals surface area (Å²) < 4.78 is 11.6. The van der Waals surface area contributed by atoms with Gasteiger partial charge in [0.1, 0.15) is 11.5 Å². The second kappa shape index (κ2) is 11.3. The van der Waals surface area contributed by atoms with E-state index in [1.807, 2.05) is 90.5 Å². The van der Waals surface area contributed by atoms with E-state index in [1.54, 1.807) is 7.11 Å². The Morgan fingerprint density at radius 2 is 1.68 bits per heavy atom. The largest absolute Gasteiger partial charge is 0.497 e. The Hall–Kier alpha value is -4.39. The number of benzene rings is 3. The highest BCUT2D eigenvalue weighted by atomic mass is 16.5. The summed E-state index contributed by atoms with van der Waals surface area (Å²) in [6, 6.07) is 25.7. The minimum absolute atomic E-state index is 0.0629. The Morgan fingerprint density at radius 3 is 2.42 bits per heavy atom. The second-order valence-electron chi connectivity index (χ2n) is 9.55. The molecule has 7 heteroatoms. The molecule has 2 heterocycles. The number of para-hydroxylation sites is 1. The van der Waals surface area contributed by atoms with Crippen LogP contribution in [0.5, 0.6) is 17.4 Å². The fourth-order valence-corrected chi connectivity index (χ4v) is 4.57. The van der Waals surface area contributed by atoms with Gasteiger partial charge in [0.2, 0.25) is 17.7 Å². The summed E-state index contributed by atoms with van der Waals surface area (Å²) in [6.07, 6.45) is 0.967. The Morgan fingerprint density at radius 1 is 0.947 bits per heavy atom. The van der Waals surface area contributed by atoms with Gasteiger partial charge in [-0.3, -0.25) is 4.79 Å². The molecule has 0 saturated carbocycles. The van der Waals surface area contributed by atoms with Crippen LogP contribution in [0.2, 0.25) is 0 Å². The SMILES string of the molecule is COc1ccc(CC(=O)N2CCc3nc(N(C)Cc4ccccc4)nc(Oc4ccccc4C)c3C2)cc1. The van der Waals surface area contributed by atoms with E-state index in [-0.39, 0.29) is 5.91 Å². The van der Waals surface area contributed by atoms with Gasteiger partial charge >= 0.3 is 0 Å². The van der Waals surface area contributed by atoms with Crippen molar-refractivity contribution in [2.75, 3.05) is 25.6 Å². The molecule has 1 amide bonds. The molecule has 0 fully saturated rings. The molecule has 0 saturated heterocycles. The molecule has 38 heavy (non-hydrogen) atoms. The summed E-state index contributed by atoms with van der Waals surface area (Å²) in [5, 5.41) is 0. The lowest BCUT2D eigenvalue weighted by molar-refractivity contribution is -0.131. The standard InChI is InChI=1S/C31H32N4O3/c1-22-9-7-8-12-28(22)38-30-26-21-35(29(36)19-23-13-15-25(37-3)16-14-23)18-17-27(26)32-31(33-30)34(2)20-24-10-5-4-6-11-24/h4-16H,17-21H2,1-3H3. The van der Waals surface area contributed by atoms with E-state index >= 15 is 0 Å². The van der Waals surface area contributed by atoms with Crippen molar-refractivity contribution in [1.29, 1.82) is 0 Å². The minimum atomic E-state index is 0.0629. The Bertz CT molecular complexity index is 1410. The highest BCUT2D eigenvalue weighted by Crippen LogP contribution is 2.33. The lowest BCUT2D eigenvalue weighted by Gasteiger charge is -2.30. The van der Waals surface area contributed by atoms with E-state index in [2.05, 4.69) is 12.1 Å². The fraction of sp³-hybridized carbons (Fsp3) is 0.258. The van der Waals surface area contributed by atoms with E-state index in [4.69, 9.17) is 19.4 Å². The number of ether oxygens (including phenoxy) is 2. The molecule has 0 unspecified atom stereocenters. The second-order valence-corrected chi connectivity index (χ2v) is 9.55. The zero-order valence-corrected chi connectivity index (χ0v) is 22.1. The van der Waals surface area contributed by atoms with Crippen LogP contribution in [0, 0.1) is 6.92 Å². The molecule has 0 radical (unpaired) electrons. The molecular formula is C31H32N4O3. The van der Waals surface area contributed by atoms with Crippen molar-refractivity contribution < 1.29 is 14.3 Å². The first-order chi connectivity index (χ1) is 18.5. The predicted octanol–water partition coefficient (Wildman–Crippen LogP) is 5.35. The Kier molecular flexibility index (Phi) is 7.54. The summed E-state index contributed by atoms with van der Waals surface area (Å²) >= 11 is 0. The number of anilines is 1. The predicted molar refractivity (Wildman–Crippen MR) is 148 cm³/mol. The number of hydrogen-bond acceptors (Lipinski definition) is 6. The molecule has 0 atom stereocenters. The van der Waals surface area contributed by atoms with Gasteiger partial charge in [0, 0.05) is 26.6 Å². The maximum Gasteiger partial charge on any atom is 0.229 e. The number of carbonyl (C=O) groups excluding carboxylic acids is 1. The van der Waals surface area contributed by atoms with Gasteiger partial charge in [0.05, 0.1) is 31.3 Å². The molecule has 1 aliphatic heterocycles. The highest BCUT2D eigenvalue weighted by Gasteiger charge is 2.27. The topological polar surface area (TPSA) is 67.8 Å². The molecule has 7 nitrogen and oxygen atoms in total. The van der Waals surface area contributed by atoms with E-state index in [0.29, 0.717) is 44.3 Å². The number of methoxy groups -OCH3 is 1. The molecule has 4 aromatic rings. The van der Waals surface area contributed by atoms with Crippen LogP contribution in [0.4, 0.5) is 5.95 Å². The fourth-order valence-electron chi connectivity index (χ4n) is 4.57. The first kappa shape index (κ1) is 25.3. The summed E-state index contributed by atoms with van der Waals surface area (Å²) in [6.45, 7) is 3.70. The molecule has 1 aromatic heterocycles. The normalized spacial score (nSPS) is 12.6. The average molecular weight is 509 g/mol. The van der Waals surface area contributed by atoms with Crippen molar-refractivity contribution in [3.05, 3.63) is 107 Å². The van der Waals surface area contributed by atoms with Crippen molar-refractivity contribution in [3.63, 3.8) is 0 Å². The molecule has 0 spiro atoms. The van der Waals surface area contributed by atoms with Crippen LogP contribution in [0.3, 0.4) is 0 Å². The van der Waals surface area contributed by atoms with Crippen LogP contribution in [0.1, 0.15) is 27.9 Å². The molecule has 1 aliphatic rings. The first-order valence-electron chi connectivity index (χ1n) is 12.8. The zero-order valence-electron chi connectivity index (χ0n) is 22.1. The van der Waals surface area contributed by atoms with Crippen LogP contribution in [0.15, 0.2) is 78.9 Å². The van der Waals surface area contributed by atoms with Gasteiger partial charge in [-0.15, -0.1) is 0 Å². The van der Waals surface area contributed by atoms with Gasteiger partial charge in [0.15, 0.2) is 0 Å². The molecule has 5 rings (SSSR count). The number of amides is 1. The average Bonchev–Trinajstić information content (AvgIpc) is 2.95. The maximum atomic E-state index is 13.2. The van der Waals surface area contributed by atoms with Gasteiger partial charge in [-0.05, 0) is 41.8 Å². The quantitative estimate of drug-likeness (QED) is 0.320. The van der Waals surface area contributed by atoms with Crippen molar-refractivity contribution in [2.24, 2.45) is 0 Å². The highest BCUT2D eigenvalue weighted by molar-refractivity contribution is 5.79. The summed E-state index contributed by atoms with van der Waals surface area (Å²) in [7, 11) is 3.62.